The van der Waals surface area contributed by atoms with E-state index < -0.39 is 0 Å². The Balaban J connectivity index is 0.00000144. The van der Waals surface area contributed by atoms with E-state index in [9.17, 15) is 4.79 Å². The summed E-state index contributed by atoms with van der Waals surface area (Å²) in [6.45, 7) is 5.92. The highest BCUT2D eigenvalue weighted by Gasteiger charge is 2.16. The highest BCUT2D eigenvalue weighted by atomic mass is 35.5. The Kier molecular flexibility index (Phi) is 5.43. The molecule has 1 amide bonds. The van der Waals surface area contributed by atoms with Crippen LogP contribution in [0.25, 0.3) is 0 Å². The molecule has 2 heterocycles. The van der Waals surface area contributed by atoms with Gasteiger partial charge in [-0.15, -0.1) is 23.7 Å². The Hall–Kier alpha value is -0.580. The molecular weight excluding hydrogens is 256 g/mol. The molecule has 1 saturated heterocycles. The van der Waals surface area contributed by atoms with Gasteiger partial charge in [0.25, 0.3) is 5.91 Å². The van der Waals surface area contributed by atoms with Crippen LogP contribution >= 0.6 is 23.7 Å². The second kappa shape index (κ2) is 6.38. The van der Waals surface area contributed by atoms with Crippen LogP contribution in [-0.4, -0.2) is 25.0 Å². The van der Waals surface area contributed by atoms with Gasteiger partial charge < -0.3 is 10.6 Å². The number of rotatable bonds is 3. The van der Waals surface area contributed by atoms with Crippen LogP contribution in [0.15, 0.2) is 6.07 Å². The normalized spacial score (nSPS) is 18.8. The van der Waals surface area contributed by atoms with Crippen LogP contribution in [0, 0.1) is 13.8 Å². The molecule has 96 valence electrons. The van der Waals surface area contributed by atoms with Crippen LogP contribution in [0.5, 0.6) is 0 Å². The topological polar surface area (TPSA) is 41.1 Å². The van der Waals surface area contributed by atoms with Crippen LogP contribution in [0.4, 0.5) is 0 Å². The molecule has 5 heteroatoms. The quantitative estimate of drug-likeness (QED) is 0.888. The molecule has 1 fully saturated rings. The summed E-state index contributed by atoms with van der Waals surface area (Å²) in [5, 5.41) is 6.36. The van der Waals surface area contributed by atoms with Crippen LogP contribution in [0.3, 0.4) is 0 Å². The number of aryl methyl sites for hydroxylation is 2. The number of amides is 1. The molecule has 17 heavy (non-hydrogen) atoms. The van der Waals surface area contributed by atoms with Gasteiger partial charge in [0.15, 0.2) is 0 Å². The predicted molar refractivity (Wildman–Crippen MR) is 74.4 cm³/mol. The number of nitrogens with one attached hydrogen (secondary N) is 2. The number of thiophene rings is 1. The molecular formula is C12H19ClN2OS. The van der Waals surface area contributed by atoms with Gasteiger partial charge in [0.2, 0.25) is 0 Å². The lowest BCUT2D eigenvalue weighted by atomic mass is 10.2. The summed E-state index contributed by atoms with van der Waals surface area (Å²) in [6.07, 6.45) is 2.39. The second-order valence-corrected chi connectivity index (χ2v) is 5.61. The van der Waals surface area contributed by atoms with Gasteiger partial charge in [-0.05, 0) is 44.9 Å². The number of carbonyl (C=O) groups excluding carboxylic acids is 1. The fourth-order valence-electron chi connectivity index (χ4n) is 1.92. The van der Waals surface area contributed by atoms with E-state index >= 15 is 0 Å². The zero-order valence-corrected chi connectivity index (χ0v) is 11.8. The molecule has 1 unspecified atom stereocenters. The maximum absolute atomic E-state index is 11.8. The minimum Gasteiger partial charge on any atom is -0.350 e. The second-order valence-electron chi connectivity index (χ2n) is 4.35. The van der Waals surface area contributed by atoms with E-state index in [1.165, 1.54) is 23.3 Å². The lowest BCUT2D eigenvalue weighted by Gasteiger charge is -2.10. The van der Waals surface area contributed by atoms with Crippen molar-refractivity contribution in [3.05, 3.63) is 21.4 Å². The molecule has 2 N–H and O–H groups in total. The predicted octanol–water partition coefficient (Wildman–Crippen LogP) is 2.27. The first-order valence-corrected chi connectivity index (χ1v) is 6.57. The van der Waals surface area contributed by atoms with E-state index in [0.29, 0.717) is 6.04 Å². The standard InChI is InChI=1S/C12H18N2OS.ClH/c1-8-6-11(16-9(8)2)12(15)14-7-10-4-3-5-13-10;/h6,10,13H,3-5,7H2,1-2H3,(H,14,15);1H. The van der Waals surface area contributed by atoms with E-state index in [0.717, 1.165) is 18.0 Å². The molecule has 0 aromatic carbocycles. The summed E-state index contributed by atoms with van der Waals surface area (Å²) in [5.41, 5.74) is 1.20. The lowest BCUT2D eigenvalue weighted by Crippen LogP contribution is -2.36. The average molecular weight is 275 g/mol. The van der Waals surface area contributed by atoms with Crippen molar-refractivity contribution >= 4 is 29.7 Å². The van der Waals surface area contributed by atoms with Gasteiger partial charge in [-0.1, -0.05) is 0 Å². The molecule has 3 nitrogen and oxygen atoms in total. The first-order valence-electron chi connectivity index (χ1n) is 5.75. The summed E-state index contributed by atoms with van der Waals surface area (Å²) in [7, 11) is 0. The van der Waals surface area contributed by atoms with Gasteiger partial charge in [-0.3, -0.25) is 4.79 Å². The van der Waals surface area contributed by atoms with Crippen LogP contribution in [0.1, 0.15) is 33.0 Å². The summed E-state index contributed by atoms with van der Waals surface area (Å²) in [4.78, 5) is 13.9. The molecule has 1 aromatic heterocycles. The van der Waals surface area contributed by atoms with Gasteiger partial charge >= 0.3 is 0 Å². The largest absolute Gasteiger partial charge is 0.350 e. The third-order valence-corrected chi connectivity index (χ3v) is 4.21. The Morgan fingerprint density at radius 2 is 2.35 bits per heavy atom. The molecule has 0 bridgehead atoms. The highest BCUT2D eigenvalue weighted by Crippen LogP contribution is 2.20. The maximum Gasteiger partial charge on any atom is 0.261 e. The molecule has 0 saturated carbocycles. The minimum atomic E-state index is 0. The molecule has 1 aliphatic heterocycles. The zero-order valence-electron chi connectivity index (χ0n) is 10.2. The van der Waals surface area contributed by atoms with Crippen molar-refractivity contribution in [2.24, 2.45) is 0 Å². The van der Waals surface area contributed by atoms with Crippen LogP contribution in [-0.2, 0) is 0 Å². The molecule has 1 atom stereocenters. The monoisotopic (exact) mass is 274 g/mol. The molecule has 2 rings (SSSR count). The Bertz CT molecular complexity index is 366. The fourth-order valence-corrected chi connectivity index (χ4v) is 2.87. The first kappa shape index (κ1) is 14.5. The molecule has 0 aliphatic carbocycles. The van der Waals surface area contributed by atoms with E-state index in [2.05, 4.69) is 17.6 Å². The van der Waals surface area contributed by atoms with E-state index in [4.69, 9.17) is 0 Å². The Labute approximate surface area is 112 Å². The Morgan fingerprint density at radius 1 is 1.59 bits per heavy atom. The minimum absolute atomic E-state index is 0. The van der Waals surface area contributed by atoms with Gasteiger partial charge in [-0.2, -0.15) is 0 Å². The van der Waals surface area contributed by atoms with Gasteiger partial charge in [-0.25, -0.2) is 0 Å². The SMILES string of the molecule is Cc1cc(C(=O)NCC2CCCN2)sc1C.Cl. The number of hydrogen-bond donors (Lipinski definition) is 2. The van der Waals surface area contributed by atoms with Crippen molar-refractivity contribution in [2.45, 2.75) is 32.7 Å². The van der Waals surface area contributed by atoms with Gasteiger partial charge in [0.1, 0.15) is 0 Å². The summed E-state index contributed by atoms with van der Waals surface area (Å²) in [6, 6.07) is 2.43. The van der Waals surface area contributed by atoms with Crippen LogP contribution < -0.4 is 10.6 Å². The van der Waals surface area contributed by atoms with Crippen molar-refractivity contribution in [3.8, 4) is 0 Å². The number of hydrogen-bond acceptors (Lipinski definition) is 3. The van der Waals surface area contributed by atoms with Crippen molar-refractivity contribution in [1.29, 1.82) is 0 Å². The Morgan fingerprint density at radius 3 is 2.88 bits per heavy atom. The van der Waals surface area contributed by atoms with Crippen molar-refractivity contribution in [1.82, 2.24) is 10.6 Å². The van der Waals surface area contributed by atoms with Crippen LogP contribution in [0.2, 0.25) is 0 Å². The van der Waals surface area contributed by atoms with Crippen molar-refractivity contribution in [2.75, 3.05) is 13.1 Å². The molecule has 1 aromatic rings. The van der Waals surface area contributed by atoms with Gasteiger partial charge in [0.05, 0.1) is 4.88 Å². The summed E-state index contributed by atoms with van der Waals surface area (Å²) in [5.74, 6) is 0.0647. The van der Waals surface area contributed by atoms with E-state index in [1.807, 2.05) is 13.0 Å². The van der Waals surface area contributed by atoms with Crippen molar-refractivity contribution < 1.29 is 4.79 Å². The van der Waals surface area contributed by atoms with E-state index in [1.54, 1.807) is 11.3 Å². The van der Waals surface area contributed by atoms with E-state index in [-0.39, 0.29) is 18.3 Å². The smallest absolute Gasteiger partial charge is 0.261 e. The maximum atomic E-state index is 11.8. The molecule has 0 spiro atoms. The first-order chi connectivity index (χ1) is 7.66. The number of carbonyl (C=O) groups is 1. The average Bonchev–Trinajstić information content (AvgIpc) is 2.86. The fraction of sp³-hybridized carbons (Fsp3) is 0.583. The van der Waals surface area contributed by atoms with Crippen molar-refractivity contribution in [3.63, 3.8) is 0 Å². The molecule has 1 aliphatic rings. The number of halogens is 1. The zero-order chi connectivity index (χ0) is 11.5. The summed E-state index contributed by atoms with van der Waals surface area (Å²) < 4.78 is 0. The highest BCUT2D eigenvalue weighted by molar-refractivity contribution is 7.14. The third kappa shape index (κ3) is 3.69. The van der Waals surface area contributed by atoms with Gasteiger partial charge in [0, 0.05) is 17.5 Å². The summed E-state index contributed by atoms with van der Waals surface area (Å²) >= 11 is 1.57. The third-order valence-electron chi connectivity index (χ3n) is 3.06. The molecule has 0 radical (unpaired) electrons. The lowest BCUT2D eigenvalue weighted by molar-refractivity contribution is 0.0954.